The van der Waals surface area contributed by atoms with E-state index in [1.54, 1.807) is 0 Å². The van der Waals surface area contributed by atoms with Gasteiger partial charge in [0.1, 0.15) is 5.60 Å². The number of carboxylic acids is 1. The van der Waals surface area contributed by atoms with Crippen molar-refractivity contribution in [1.29, 1.82) is 0 Å². The van der Waals surface area contributed by atoms with Crippen LogP contribution in [0.2, 0.25) is 0 Å². The van der Waals surface area contributed by atoms with Gasteiger partial charge in [-0.1, -0.05) is 71.6 Å². The number of hydrogen-bond donors (Lipinski definition) is 1. The Hall–Kier alpha value is -1.06. The second kappa shape index (κ2) is 13.2. The van der Waals surface area contributed by atoms with E-state index < -0.39 is 11.6 Å². The molecule has 0 aromatic carbocycles. The lowest BCUT2D eigenvalue weighted by atomic mass is 9.81. The molecule has 0 spiro atoms. The number of ether oxygens (including phenoxy) is 1. The monoisotopic (exact) mass is 396 g/mol. The van der Waals surface area contributed by atoms with Crippen molar-refractivity contribution in [2.75, 3.05) is 0 Å². The van der Waals surface area contributed by atoms with Gasteiger partial charge >= 0.3 is 11.9 Å². The summed E-state index contributed by atoms with van der Waals surface area (Å²) < 4.78 is 5.76. The van der Waals surface area contributed by atoms with Crippen LogP contribution in [-0.4, -0.2) is 22.6 Å². The Balaban J connectivity index is 2.12. The lowest BCUT2D eigenvalue weighted by Crippen LogP contribution is -2.34. The first-order valence-corrected chi connectivity index (χ1v) is 11.7. The minimum atomic E-state index is -0.781. The van der Waals surface area contributed by atoms with Crippen LogP contribution in [0.25, 0.3) is 0 Å². The predicted octanol–water partition coefficient (Wildman–Crippen LogP) is 6.76. The maximum absolute atomic E-state index is 12.5. The molecule has 0 heterocycles. The first-order chi connectivity index (χ1) is 13.2. The molecule has 0 aromatic rings. The van der Waals surface area contributed by atoms with Gasteiger partial charge in [0.2, 0.25) is 0 Å². The lowest BCUT2D eigenvalue weighted by molar-refractivity contribution is -0.164. The van der Waals surface area contributed by atoms with E-state index in [0.717, 1.165) is 31.6 Å². The van der Waals surface area contributed by atoms with E-state index in [9.17, 15) is 14.7 Å². The molecule has 0 aromatic heterocycles. The zero-order valence-electron chi connectivity index (χ0n) is 18.8. The second-order valence-electron chi connectivity index (χ2n) is 9.84. The number of aliphatic carboxylic acids is 1. The molecule has 0 saturated heterocycles. The van der Waals surface area contributed by atoms with E-state index in [0.29, 0.717) is 12.8 Å². The predicted molar refractivity (Wildman–Crippen MR) is 114 cm³/mol. The molecule has 1 aliphatic carbocycles. The van der Waals surface area contributed by atoms with Crippen LogP contribution >= 0.6 is 0 Å². The van der Waals surface area contributed by atoms with Crippen LogP contribution in [0.1, 0.15) is 118 Å². The van der Waals surface area contributed by atoms with Crippen LogP contribution in [0.3, 0.4) is 0 Å². The molecule has 2 atom stereocenters. The van der Waals surface area contributed by atoms with Gasteiger partial charge in [0, 0.05) is 0 Å². The largest absolute Gasteiger partial charge is 0.481 e. The third-order valence-corrected chi connectivity index (χ3v) is 6.04. The maximum Gasteiger partial charge on any atom is 0.309 e. The summed E-state index contributed by atoms with van der Waals surface area (Å²) in [4.78, 5) is 23.7. The average Bonchev–Trinajstić information content (AvgIpc) is 2.62. The highest BCUT2D eigenvalue weighted by molar-refractivity contribution is 5.75. The van der Waals surface area contributed by atoms with Crippen molar-refractivity contribution < 1.29 is 19.4 Å². The number of hydrogen-bond acceptors (Lipinski definition) is 3. The normalized spacial score (nSPS) is 20.3. The Labute approximate surface area is 172 Å². The van der Waals surface area contributed by atoms with Gasteiger partial charge in [-0.15, -0.1) is 0 Å². The van der Waals surface area contributed by atoms with Gasteiger partial charge in [-0.2, -0.15) is 0 Å². The molecule has 4 nitrogen and oxygen atoms in total. The van der Waals surface area contributed by atoms with Gasteiger partial charge in [0.05, 0.1) is 11.8 Å². The number of rotatable bonds is 14. The van der Waals surface area contributed by atoms with Crippen LogP contribution in [0.5, 0.6) is 0 Å². The summed E-state index contributed by atoms with van der Waals surface area (Å²) in [6, 6.07) is 0. The number of carbonyl (C=O) groups excluding carboxylic acids is 1. The fourth-order valence-corrected chi connectivity index (χ4v) is 4.20. The van der Waals surface area contributed by atoms with E-state index in [2.05, 4.69) is 13.8 Å². The van der Waals surface area contributed by atoms with E-state index in [4.69, 9.17) is 4.74 Å². The zero-order chi connectivity index (χ0) is 21.0. The van der Waals surface area contributed by atoms with Crippen molar-refractivity contribution in [3.05, 3.63) is 0 Å². The van der Waals surface area contributed by atoms with Gasteiger partial charge < -0.3 is 9.84 Å². The molecule has 2 unspecified atom stereocenters. The highest BCUT2D eigenvalue weighted by Gasteiger charge is 2.34. The fraction of sp³-hybridized carbons (Fsp3) is 0.917. The van der Waals surface area contributed by atoms with Gasteiger partial charge in [-0.3, -0.25) is 9.59 Å². The zero-order valence-corrected chi connectivity index (χ0v) is 18.8. The molecular formula is C24H44O4. The summed E-state index contributed by atoms with van der Waals surface area (Å²) in [7, 11) is 0. The Morgan fingerprint density at radius 1 is 0.929 bits per heavy atom. The summed E-state index contributed by atoms with van der Waals surface area (Å²) in [6.45, 7) is 8.55. The van der Waals surface area contributed by atoms with Crippen LogP contribution in [0.4, 0.5) is 0 Å². The first kappa shape index (κ1) is 25.0. The van der Waals surface area contributed by atoms with E-state index in [1.165, 1.54) is 51.4 Å². The molecule has 4 heteroatoms. The molecule has 0 amide bonds. The summed E-state index contributed by atoms with van der Waals surface area (Å²) in [6.07, 6.45) is 15.2. The maximum atomic E-state index is 12.5. The number of carboxylic acid groups (broad SMARTS) is 1. The Morgan fingerprint density at radius 3 is 2.04 bits per heavy atom. The van der Waals surface area contributed by atoms with Crippen molar-refractivity contribution in [2.45, 2.75) is 123 Å². The van der Waals surface area contributed by atoms with Crippen LogP contribution in [0, 0.1) is 17.8 Å². The molecule has 0 radical (unpaired) electrons. The molecule has 164 valence electrons. The van der Waals surface area contributed by atoms with Crippen LogP contribution < -0.4 is 0 Å². The van der Waals surface area contributed by atoms with Crippen LogP contribution in [0.15, 0.2) is 0 Å². The fourth-order valence-electron chi connectivity index (χ4n) is 4.20. The summed E-state index contributed by atoms with van der Waals surface area (Å²) >= 11 is 0. The molecule has 0 aliphatic heterocycles. The molecule has 1 saturated carbocycles. The average molecular weight is 397 g/mol. The molecule has 28 heavy (non-hydrogen) atoms. The van der Waals surface area contributed by atoms with Crippen molar-refractivity contribution in [3.63, 3.8) is 0 Å². The Kier molecular flexibility index (Phi) is 11.8. The van der Waals surface area contributed by atoms with E-state index in [-0.39, 0.29) is 17.8 Å². The topological polar surface area (TPSA) is 63.6 Å². The number of unbranched alkanes of at least 4 members (excludes halogenated alkanes) is 7. The second-order valence-corrected chi connectivity index (χ2v) is 9.84. The SMILES string of the molecule is CC(C)CCCCCCCCCCC(C)(C)OC(=O)C1CCCC(C(=O)O)C1. The van der Waals surface area contributed by atoms with E-state index in [1.807, 2.05) is 13.8 Å². The standard InChI is InChI=1S/C24H44O4/c1-19(2)14-11-9-7-5-6-8-10-12-17-24(3,4)28-23(27)21-16-13-15-20(18-21)22(25)26/h19-21H,5-18H2,1-4H3,(H,25,26). The van der Waals surface area contributed by atoms with Gasteiger partial charge in [0.15, 0.2) is 0 Å². The Morgan fingerprint density at radius 2 is 1.46 bits per heavy atom. The van der Waals surface area contributed by atoms with Crippen LogP contribution in [-0.2, 0) is 14.3 Å². The molecule has 0 bridgehead atoms. The van der Waals surface area contributed by atoms with Gasteiger partial charge in [-0.25, -0.2) is 0 Å². The lowest BCUT2D eigenvalue weighted by Gasteiger charge is -2.30. The highest BCUT2D eigenvalue weighted by atomic mass is 16.6. The number of esters is 1. The van der Waals surface area contributed by atoms with Crippen molar-refractivity contribution in [1.82, 2.24) is 0 Å². The molecule has 1 rings (SSSR count). The molecule has 1 fully saturated rings. The van der Waals surface area contributed by atoms with Crippen molar-refractivity contribution in [3.8, 4) is 0 Å². The summed E-state index contributed by atoms with van der Waals surface area (Å²) in [5.74, 6) is -0.784. The van der Waals surface area contributed by atoms with E-state index >= 15 is 0 Å². The third-order valence-electron chi connectivity index (χ3n) is 6.04. The number of carbonyl (C=O) groups is 2. The molecular weight excluding hydrogens is 352 g/mol. The quantitative estimate of drug-likeness (QED) is 0.260. The van der Waals surface area contributed by atoms with Gasteiger partial charge in [-0.05, 0) is 51.9 Å². The smallest absolute Gasteiger partial charge is 0.309 e. The molecule has 1 N–H and O–H groups in total. The van der Waals surface area contributed by atoms with Crippen molar-refractivity contribution in [2.24, 2.45) is 17.8 Å². The Bertz CT molecular complexity index is 456. The first-order valence-electron chi connectivity index (χ1n) is 11.7. The highest BCUT2D eigenvalue weighted by Crippen LogP contribution is 2.32. The summed E-state index contributed by atoms with van der Waals surface area (Å²) in [5, 5.41) is 9.19. The minimum Gasteiger partial charge on any atom is -0.481 e. The minimum absolute atomic E-state index is 0.197. The third kappa shape index (κ3) is 11.1. The summed E-state index contributed by atoms with van der Waals surface area (Å²) in [5.41, 5.74) is -0.454. The molecule has 1 aliphatic rings. The van der Waals surface area contributed by atoms with Gasteiger partial charge in [0.25, 0.3) is 0 Å². The van der Waals surface area contributed by atoms with Crippen molar-refractivity contribution >= 4 is 11.9 Å².